The molecule has 8 nitrogen and oxygen atoms in total. The summed E-state index contributed by atoms with van der Waals surface area (Å²) in [6, 6.07) is 3.08. The van der Waals surface area contributed by atoms with E-state index in [2.05, 4.69) is 19.8 Å². The van der Waals surface area contributed by atoms with Gasteiger partial charge in [-0.1, -0.05) is 0 Å². The summed E-state index contributed by atoms with van der Waals surface area (Å²) in [7, 11) is 1.17. The first kappa shape index (κ1) is 11.0. The Hall–Kier alpha value is -2.48. The fourth-order valence-electron chi connectivity index (χ4n) is 1.16. The van der Waals surface area contributed by atoms with Crippen molar-refractivity contribution < 1.29 is 14.7 Å². The van der Waals surface area contributed by atoms with Gasteiger partial charge in [0.2, 0.25) is 0 Å². The van der Waals surface area contributed by atoms with E-state index in [1.807, 2.05) is 0 Å². The SMILES string of the molecule is COC(=O)N(O)c1ccc(-n2cncn2)nc1. The quantitative estimate of drug-likeness (QED) is 0.606. The predicted octanol–water partition coefficient (Wildman–Crippen LogP) is 0.624. The topological polar surface area (TPSA) is 93.4 Å². The van der Waals surface area contributed by atoms with E-state index in [4.69, 9.17) is 0 Å². The van der Waals surface area contributed by atoms with Gasteiger partial charge < -0.3 is 4.74 Å². The molecular formula is C9H9N5O3. The minimum Gasteiger partial charge on any atom is -0.451 e. The number of pyridine rings is 1. The van der Waals surface area contributed by atoms with Crippen molar-refractivity contribution in [1.29, 1.82) is 0 Å². The monoisotopic (exact) mass is 235 g/mol. The molecule has 88 valence electrons. The standard InChI is InChI=1S/C9H9N5O3/c1-17-9(15)14(16)7-2-3-8(11-4-7)13-6-10-5-12-13/h2-6,16H,1H3. The van der Waals surface area contributed by atoms with Gasteiger partial charge in [-0.25, -0.2) is 19.4 Å². The van der Waals surface area contributed by atoms with Crippen LogP contribution < -0.4 is 5.06 Å². The minimum atomic E-state index is -0.889. The molecule has 0 fully saturated rings. The molecule has 0 aliphatic heterocycles. The first-order valence-corrected chi connectivity index (χ1v) is 4.60. The number of amides is 1. The van der Waals surface area contributed by atoms with Crippen LogP contribution in [0, 0.1) is 0 Å². The van der Waals surface area contributed by atoms with Crippen LogP contribution in [0.1, 0.15) is 0 Å². The Morgan fingerprint density at radius 1 is 1.53 bits per heavy atom. The first-order chi connectivity index (χ1) is 8.22. The lowest BCUT2D eigenvalue weighted by molar-refractivity contribution is 0.141. The average molecular weight is 235 g/mol. The van der Waals surface area contributed by atoms with E-state index in [1.165, 1.54) is 36.7 Å². The van der Waals surface area contributed by atoms with Gasteiger partial charge in [-0.2, -0.15) is 10.2 Å². The smallest absolute Gasteiger partial charge is 0.438 e. The number of carbonyl (C=O) groups is 1. The fourth-order valence-corrected chi connectivity index (χ4v) is 1.16. The number of methoxy groups -OCH3 is 1. The molecule has 0 aliphatic rings. The van der Waals surface area contributed by atoms with Crippen LogP contribution in [0.3, 0.4) is 0 Å². The van der Waals surface area contributed by atoms with E-state index in [9.17, 15) is 10.0 Å². The van der Waals surface area contributed by atoms with E-state index in [0.717, 1.165) is 0 Å². The number of carbonyl (C=O) groups excluding carboxylic acids is 1. The number of hydrogen-bond donors (Lipinski definition) is 1. The van der Waals surface area contributed by atoms with Crippen LogP contribution in [0.5, 0.6) is 0 Å². The molecule has 0 radical (unpaired) electrons. The number of hydroxylamine groups is 1. The van der Waals surface area contributed by atoms with Crippen LogP contribution in [0.2, 0.25) is 0 Å². The van der Waals surface area contributed by atoms with E-state index in [-0.39, 0.29) is 5.69 Å². The maximum atomic E-state index is 11.0. The van der Waals surface area contributed by atoms with Gasteiger partial charge in [0.15, 0.2) is 5.82 Å². The Balaban J connectivity index is 2.21. The lowest BCUT2D eigenvalue weighted by Gasteiger charge is -2.12. The van der Waals surface area contributed by atoms with Crippen molar-refractivity contribution in [2.24, 2.45) is 0 Å². The first-order valence-electron chi connectivity index (χ1n) is 4.60. The van der Waals surface area contributed by atoms with Gasteiger partial charge >= 0.3 is 6.09 Å². The summed E-state index contributed by atoms with van der Waals surface area (Å²) in [6.07, 6.45) is 3.29. The molecule has 17 heavy (non-hydrogen) atoms. The van der Waals surface area contributed by atoms with Gasteiger partial charge in [-0.15, -0.1) is 0 Å². The van der Waals surface area contributed by atoms with Crippen LogP contribution in [0.15, 0.2) is 31.0 Å². The lowest BCUT2D eigenvalue weighted by atomic mass is 10.4. The number of hydrogen-bond acceptors (Lipinski definition) is 6. The summed E-state index contributed by atoms with van der Waals surface area (Å²) >= 11 is 0. The number of aromatic nitrogens is 4. The molecule has 0 saturated heterocycles. The molecule has 2 rings (SSSR count). The van der Waals surface area contributed by atoms with Crippen LogP contribution in [0.4, 0.5) is 10.5 Å². The Bertz CT molecular complexity index is 496. The molecule has 1 N–H and O–H groups in total. The number of anilines is 1. The van der Waals surface area contributed by atoms with Crippen molar-refractivity contribution in [1.82, 2.24) is 19.7 Å². The third kappa shape index (κ3) is 2.21. The number of nitrogens with zero attached hydrogens (tertiary/aromatic N) is 5. The molecule has 0 bridgehead atoms. The van der Waals surface area contributed by atoms with Crippen LogP contribution in [-0.4, -0.2) is 38.2 Å². The second-order valence-corrected chi connectivity index (χ2v) is 3.00. The molecule has 1 amide bonds. The normalized spacial score (nSPS) is 10.0. The second kappa shape index (κ2) is 4.58. The molecule has 8 heteroatoms. The van der Waals surface area contributed by atoms with E-state index < -0.39 is 6.09 Å². The number of rotatable bonds is 2. The molecule has 0 aliphatic carbocycles. The van der Waals surface area contributed by atoms with Gasteiger partial charge in [-0.3, -0.25) is 5.21 Å². The van der Waals surface area contributed by atoms with Crippen molar-refractivity contribution in [3.63, 3.8) is 0 Å². The summed E-state index contributed by atoms with van der Waals surface area (Å²) in [5, 5.41) is 13.6. The van der Waals surface area contributed by atoms with Gasteiger partial charge in [0.05, 0.1) is 19.0 Å². The van der Waals surface area contributed by atoms with Crippen LogP contribution in [0.25, 0.3) is 5.82 Å². The molecule has 0 spiro atoms. The zero-order valence-electron chi connectivity index (χ0n) is 8.89. The van der Waals surface area contributed by atoms with Crippen molar-refractivity contribution in [2.75, 3.05) is 12.2 Å². The highest BCUT2D eigenvalue weighted by Gasteiger charge is 2.13. The third-order valence-corrected chi connectivity index (χ3v) is 1.98. The summed E-state index contributed by atoms with van der Waals surface area (Å²) in [5.74, 6) is 0.518. The predicted molar refractivity (Wildman–Crippen MR) is 55.8 cm³/mol. The third-order valence-electron chi connectivity index (χ3n) is 1.98. The highest BCUT2D eigenvalue weighted by atomic mass is 16.6. The summed E-state index contributed by atoms with van der Waals surface area (Å²) in [5.41, 5.74) is 0.195. The zero-order valence-corrected chi connectivity index (χ0v) is 8.89. The van der Waals surface area contributed by atoms with Gasteiger partial charge in [0, 0.05) is 0 Å². The lowest BCUT2D eigenvalue weighted by Crippen LogP contribution is -2.26. The van der Waals surface area contributed by atoms with Gasteiger partial charge in [0.25, 0.3) is 0 Å². The van der Waals surface area contributed by atoms with Crippen molar-refractivity contribution in [2.45, 2.75) is 0 Å². The molecular weight excluding hydrogens is 226 g/mol. The summed E-state index contributed by atoms with van der Waals surface area (Å²) in [6.45, 7) is 0. The average Bonchev–Trinajstić information content (AvgIpc) is 2.91. The molecule has 0 aromatic carbocycles. The zero-order chi connectivity index (χ0) is 12.3. The van der Waals surface area contributed by atoms with E-state index in [1.54, 1.807) is 6.07 Å². The Morgan fingerprint density at radius 3 is 2.88 bits per heavy atom. The highest BCUT2D eigenvalue weighted by Crippen LogP contribution is 2.13. The number of ether oxygens (including phenoxy) is 1. The Kier molecular flexibility index (Phi) is 2.97. The molecule has 0 unspecified atom stereocenters. The fraction of sp³-hybridized carbons (Fsp3) is 0.111. The summed E-state index contributed by atoms with van der Waals surface area (Å²) < 4.78 is 5.80. The van der Waals surface area contributed by atoms with Crippen LogP contribution in [-0.2, 0) is 4.74 Å². The summed E-state index contributed by atoms with van der Waals surface area (Å²) in [4.78, 5) is 18.8. The van der Waals surface area contributed by atoms with E-state index >= 15 is 0 Å². The van der Waals surface area contributed by atoms with Gasteiger partial charge in [0.1, 0.15) is 12.7 Å². The Labute approximate surface area is 96.0 Å². The Morgan fingerprint density at radius 2 is 2.35 bits per heavy atom. The van der Waals surface area contributed by atoms with E-state index in [0.29, 0.717) is 10.9 Å². The second-order valence-electron chi connectivity index (χ2n) is 3.00. The van der Waals surface area contributed by atoms with Crippen molar-refractivity contribution in [3.8, 4) is 5.82 Å². The van der Waals surface area contributed by atoms with Gasteiger partial charge in [-0.05, 0) is 12.1 Å². The van der Waals surface area contributed by atoms with Crippen LogP contribution >= 0.6 is 0 Å². The molecule has 0 atom stereocenters. The molecule has 2 aromatic rings. The molecule has 2 aromatic heterocycles. The molecule has 0 saturated carbocycles. The maximum Gasteiger partial charge on any atom is 0.438 e. The minimum absolute atomic E-state index is 0.195. The largest absolute Gasteiger partial charge is 0.451 e. The van der Waals surface area contributed by atoms with Crippen molar-refractivity contribution >= 4 is 11.8 Å². The van der Waals surface area contributed by atoms with Crippen molar-refractivity contribution in [3.05, 3.63) is 31.0 Å². The maximum absolute atomic E-state index is 11.0. The highest BCUT2D eigenvalue weighted by molar-refractivity contribution is 5.84. The molecule has 2 heterocycles.